The number of unbranched alkanes of at least 4 members (excludes halogenated alkanes) is 2. The molecule has 0 aromatic heterocycles. The minimum atomic E-state index is -0.376. The van der Waals surface area contributed by atoms with Crippen LogP contribution >= 0.6 is 23.5 Å². The molecule has 8 amide bonds. The molecular formula is C41H62N10O8S2. The molecule has 5 rings (SSSR count). The predicted molar refractivity (Wildman–Crippen MR) is 234 cm³/mol. The number of nitrogens with zero attached hydrogens (tertiary/aromatic N) is 2. The van der Waals surface area contributed by atoms with Gasteiger partial charge < -0.3 is 57.5 Å². The molecule has 4 saturated heterocycles. The molecule has 0 saturated carbocycles. The Morgan fingerprint density at radius 2 is 1.05 bits per heavy atom. The minimum absolute atomic E-state index is 0.0267. The summed E-state index contributed by atoms with van der Waals surface area (Å²) in [5, 5.41) is 24.2. The minimum Gasteiger partial charge on any atom is -0.381 e. The van der Waals surface area contributed by atoms with Crippen LogP contribution in [0.25, 0.3) is 5.53 Å². The van der Waals surface area contributed by atoms with E-state index in [0.29, 0.717) is 107 Å². The van der Waals surface area contributed by atoms with Gasteiger partial charge in [-0.1, -0.05) is 12.8 Å². The molecule has 6 unspecified atom stereocenters. The van der Waals surface area contributed by atoms with E-state index in [1.165, 1.54) is 18.2 Å². The molecule has 61 heavy (non-hydrogen) atoms. The first-order chi connectivity index (χ1) is 29.7. The normalized spacial score (nSPS) is 22.2. The third kappa shape index (κ3) is 16.5. The summed E-state index contributed by atoms with van der Waals surface area (Å²) in [7, 11) is 0. The quantitative estimate of drug-likeness (QED) is 0.0191. The van der Waals surface area contributed by atoms with Crippen molar-refractivity contribution in [3.8, 4) is 0 Å². The maximum atomic E-state index is 12.9. The summed E-state index contributed by atoms with van der Waals surface area (Å²) in [4.78, 5) is 76.3. The summed E-state index contributed by atoms with van der Waals surface area (Å²) in [5.74, 6) is 1.17. The van der Waals surface area contributed by atoms with E-state index in [9.17, 15) is 28.8 Å². The molecule has 0 radical (unpaired) electrons. The van der Waals surface area contributed by atoms with Gasteiger partial charge in [0, 0.05) is 98.6 Å². The van der Waals surface area contributed by atoms with Crippen molar-refractivity contribution in [2.24, 2.45) is 0 Å². The number of amides is 8. The van der Waals surface area contributed by atoms with E-state index in [1.807, 2.05) is 23.5 Å². The summed E-state index contributed by atoms with van der Waals surface area (Å²) in [6, 6.07) is 5.22. The van der Waals surface area contributed by atoms with Crippen LogP contribution in [0.4, 0.5) is 9.59 Å². The average Bonchev–Trinajstić information content (AvgIpc) is 4.01. The van der Waals surface area contributed by atoms with Gasteiger partial charge >= 0.3 is 12.1 Å². The van der Waals surface area contributed by atoms with Crippen LogP contribution in [0.1, 0.15) is 103 Å². The van der Waals surface area contributed by atoms with E-state index in [0.717, 1.165) is 56.2 Å². The summed E-state index contributed by atoms with van der Waals surface area (Å²) >= 11 is 3.76. The number of thioether (sulfide) groups is 2. The number of hydrogen-bond acceptors (Lipinski definition) is 10. The molecule has 20 heteroatoms. The molecule has 8 N–H and O–H groups in total. The van der Waals surface area contributed by atoms with Crippen molar-refractivity contribution >= 4 is 65.4 Å². The van der Waals surface area contributed by atoms with Gasteiger partial charge in [0.2, 0.25) is 11.8 Å². The molecule has 18 nitrogen and oxygen atoms in total. The second-order valence-corrected chi connectivity index (χ2v) is 18.2. The largest absolute Gasteiger partial charge is 0.381 e. The maximum Gasteiger partial charge on any atom is 0.315 e. The van der Waals surface area contributed by atoms with Crippen LogP contribution in [0.3, 0.4) is 0 Å². The topological polar surface area (TPSA) is 254 Å². The highest BCUT2D eigenvalue weighted by molar-refractivity contribution is 8.00. The number of benzene rings is 1. The van der Waals surface area contributed by atoms with Gasteiger partial charge in [0.1, 0.15) is 0 Å². The third-order valence-corrected chi connectivity index (χ3v) is 13.9. The number of rotatable bonds is 29. The molecular weight excluding hydrogens is 825 g/mol. The summed E-state index contributed by atoms with van der Waals surface area (Å²) in [6.45, 7) is 3.59. The van der Waals surface area contributed by atoms with E-state index in [-0.39, 0.29) is 71.0 Å². The van der Waals surface area contributed by atoms with E-state index >= 15 is 0 Å². The average molecular weight is 887 g/mol. The van der Waals surface area contributed by atoms with Crippen molar-refractivity contribution in [3.63, 3.8) is 0 Å². The Labute approximate surface area is 366 Å². The Morgan fingerprint density at radius 1 is 0.623 bits per heavy atom. The van der Waals surface area contributed by atoms with Crippen LogP contribution in [-0.4, -0.2) is 145 Å². The van der Waals surface area contributed by atoms with E-state index in [2.05, 4.69) is 47.3 Å². The van der Waals surface area contributed by atoms with E-state index < -0.39 is 0 Å². The van der Waals surface area contributed by atoms with Crippen LogP contribution < -0.4 is 42.5 Å². The molecule has 0 spiro atoms. The molecule has 1 aromatic carbocycles. The molecule has 0 bridgehead atoms. The number of urea groups is 2. The van der Waals surface area contributed by atoms with Crippen molar-refractivity contribution in [2.75, 3.05) is 64.1 Å². The third-order valence-electron chi connectivity index (χ3n) is 10.9. The molecule has 4 aliphatic rings. The lowest BCUT2D eigenvalue weighted by Gasteiger charge is -2.16. The Kier molecular flexibility index (Phi) is 20.5. The first-order valence-corrected chi connectivity index (χ1v) is 23.7. The van der Waals surface area contributed by atoms with Gasteiger partial charge in [-0.05, 0) is 69.6 Å². The summed E-state index contributed by atoms with van der Waals surface area (Å²) in [5.41, 5.74) is 9.97. The highest BCUT2D eigenvalue weighted by Crippen LogP contribution is 2.34. The number of nitrogens with one attached hydrogen (secondary N) is 8. The lowest BCUT2D eigenvalue weighted by Crippen LogP contribution is -2.36. The number of ether oxygens (including phenoxy) is 2. The van der Waals surface area contributed by atoms with Gasteiger partial charge in [-0.2, -0.15) is 28.3 Å². The van der Waals surface area contributed by atoms with Crippen molar-refractivity contribution in [3.05, 3.63) is 40.4 Å². The second-order valence-electron chi connectivity index (χ2n) is 15.7. The van der Waals surface area contributed by atoms with Crippen LogP contribution in [0.2, 0.25) is 0 Å². The predicted octanol–water partition coefficient (Wildman–Crippen LogP) is 2.07. The van der Waals surface area contributed by atoms with Gasteiger partial charge in [-0.25, -0.2) is 9.59 Å². The van der Waals surface area contributed by atoms with Crippen molar-refractivity contribution in [2.45, 2.75) is 112 Å². The molecule has 6 atom stereocenters. The summed E-state index contributed by atoms with van der Waals surface area (Å²) < 4.78 is 11.3. The lowest BCUT2D eigenvalue weighted by molar-refractivity contribution is -0.122. The van der Waals surface area contributed by atoms with E-state index in [1.54, 1.807) is 0 Å². The molecule has 336 valence electrons. The standard InChI is InChI=1S/C41H62N10O8S2/c42-47-24-27-21-28(38(54)45-15-7-19-58-17-5-13-43-34(52)11-3-1-9-32-36-30(25-60-32)48-40(56)50-36)23-29(22-27)39(55)46-16-8-20-59-18-6-14-44-35(53)12-4-2-10-33-37-31(26-61-33)49-41(57)51-37/h21-24,30-33,36-37H,1-20,25-26H2,(H,43,52)(H,44,53)(H,45,54)(H,46,55)(H2,48,50,56)(H2,49,51,57). The molecule has 4 aliphatic heterocycles. The van der Waals surface area contributed by atoms with Crippen molar-refractivity contribution in [1.29, 1.82) is 0 Å². The van der Waals surface area contributed by atoms with Crippen LogP contribution in [-0.2, 0) is 19.1 Å². The van der Waals surface area contributed by atoms with E-state index in [4.69, 9.17) is 15.0 Å². The number of carbonyl (C=O) groups excluding carboxylic acids is 6. The molecule has 4 heterocycles. The fraction of sp³-hybridized carbons (Fsp3) is 0.683. The second kappa shape index (κ2) is 26.2. The fourth-order valence-corrected chi connectivity index (χ4v) is 10.8. The number of fused-ring (bicyclic) bond motifs is 2. The van der Waals surface area contributed by atoms with Gasteiger partial charge in [0.25, 0.3) is 18.0 Å². The fourth-order valence-electron chi connectivity index (χ4n) is 7.74. The first kappa shape index (κ1) is 47.7. The molecule has 1 aromatic rings. The zero-order chi connectivity index (χ0) is 43.2. The Morgan fingerprint density at radius 3 is 1.48 bits per heavy atom. The SMILES string of the molecule is [N-]=[N+]=Cc1cc(C(=O)NCCCOCCCNC(=O)CCCCC2SCC3NC(=O)NC32)cc(C(=O)NCCCOCCCNC(=O)CCCCC2SCC3NC(=O)NC32)c1. The van der Waals surface area contributed by atoms with Crippen LogP contribution in [0.15, 0.2) is 18.2 Å². The number of carbonyl (C=O) groups is 6. The van der Waals surface area contributed by atoms with Gasteiger partial charge in [0.05, 0.1) is 29.7 Å². The monoisotopic (exact) mass is 886 g/mol. The van der Waals surface area contributed by atoms with Gasteiger partial charge in [-0.15, -0.1) is 0 Å². The van der Waals surface area contributed by atoms with Gasteiger partial charge in [0.15, 0.2) is 0 Å². The Bertz CT molecular complexity index is 1590. The van der Waals surface area contributed by atoms with Crippen molar-refractivity contribution in [1.82, 2.24) is 42.5 Å². The zero-order valence-electron chi connectivity index (χ0n) is 34.8. The number of hydrogen-bond donors (Lipinski definition) is 8. The summed E-state index contributed by atoms with van der Waals surface area (Å²) in [6.07, 6.45) is 10.1. The lowest BCUT2D eigenvalue weighted by atomic mass is 10.0. The van der Waals surface area contributed by atoms with Crippen LogP contribution in [0.5, 0.6) is 0 Å². The molecule has 4 fully saturated rings. The van der Waals surface area contributed by atoms with Gasteiger partial charge in [-0.3, -0.25) is 19.2 Å². The Balaban J connectivity index is 0.830. The van der Waals surface area contributed by atoms with Crippen LogP contribution in [0, 0.1) is 0 Å². The highest BCUT2D eigenvalue weighted by atomic mass is 32.2. The smallest absolute Gasteiger partial charge is 0.315 e. The zero-order valence-corrected chi connectivity index (χ0v) is 36.4. The first-order valence-electron chi connectivity index (χ1n) is 21.6. The Hall–Kier alpha value is -4.36. The van der Waals surface area contributed by atoms with Crippen molar-refractivity contribution < 1.29 is 43.0 Å². The maximum absolute atomic E-state index is 12.9. The molecule has 0 aliphatic carbocycles. The highest BCUT2D eigenvalue weighted by Gasteiger charge is 2.43.